The molecule has 204 valence electrons. The number of pyridine rings is 1. The fourth-order valence-electron chi connectivity index (χ4n) is 5.96. The van der Waals surface area contributed by atoms with Crippen LogP contribution in [0.25, 0.3) is 0 Å². The lowest BCUT2D eigenvalue weighted by Gasteiger charge is -2.39. The highest BCUT2D eigenvalue weighted by molar-refractivity contribution is 6.04. The van der Waals surface area contributed by atoms with E-state index in [0.29, 0.717) is 42.1 Å². The van der Waals surface area contributed by atoms with Crippen molar-refractivity contribution in [2.45, 2.75) is 44.5 Å². The molecule has 6 rings (SSSR count). The van der Waals surface area contributed by atoms with E-state index >= 15 is 0 Å². The van der Waals surface area contributed by atoms with Crippen molar-refractivity contribution in [2.75, 3.05) is 48.5 Å². The zero-order valence-corrected chi connectivity index (χ0v) is 22.8. The molecule has 1 amide bonds. The van der Waals surface area contributed by atoms with Gasteiger partial charge in [-0.25, -0.2) is 20.0 Å². The maximum Gasteiger partial charge on any atom is 0.274 e. The summed E-state index contributed by atoms with van der Waals surface area (Å²) in [6.07, 6.45) is 4.21. The van der Waals surface area contributed by atoms with Crippen LogP contribution >= 0.6 is 0 Å². The molecule has 3 atom stereocenters. The van der Waals surface area contributed by atoms with E-state index in [1.165, 1.54) is 5.69 Å². The first-order valence-corrected chi connectivity index (χ1v) is 13.6. The number of benzene rings is 1. The summed E-state index contributed by atoms with van der Waals surface area (Å²) in [5, 5.41) is 20.8. The second-order valence-electron chi connectivity index (χ2n) is 11.0. The highest BCUT2D eigenvalue weighted by Crippen LogP contribution is 2.38. The second kappa shape index (κ2) is 9.69. The van der Waals surface area contributed by atoms with Crippen molar-refractivity contribution >= 4 is 29.1 Å². The molecule has 1 aromatic carbocycles. The molecule has 0 bridgehead atoms. The van der Waals surface area contributed by atoms with Gasteiger partial charge in [-0.2, -0.15) is 0 Å². The summed E-state index contributed by atoms with van der Waals surface area (Å²) in [5.74, 6) is 0.945. The van der Waals surface area contributed by atoms with Gasteiger partial charge in [0, 0.05) is 43.3 Å². The van der Waals surface area contributed by atoms with E-state index in [-0.39, 0.29) is 5.91 Å². The van der Waals surface area contributed by atoms with Crippen LogP contribution in [0.4, 0.5) is 17.2 Å². The molecular formula is C29H36N8O2. The number of nitrogens with one attached hydrogen (secondary N) is 2. The summed E-state index contributed by atoms with van der Waals surface area (Å²) < 4.78 is 0. The Bertz CT molecular complexity index is 1350. The molecule has 0 radical (unpaired) electrons. The summed E-state index contributed by atoms with van der Waals surface area (Å²) >= 11 is 0. The van der Waals surface area contributed by atoms with Gasteiger partial charge in [-0.05, 0) is 69.6 Å². The zero-order valence-electron chi connectivity index (χ0n) is 22.8. The number of guanidine groups is 1. The molecule has 10 nitrogen and oxygen atoms in total. The van der Waals surface area contributed by atoms with Crippen LogP contribution in [0.3, 0.4) is 0 Å². The van der Waals surface area contributed by atoms with E-state index in [4.69, 9.17) is 9.98 Å². The number of aryl methyl sites for hydroxylation is 1. The van der Waals surface area contributed by atoms with Gasteiger partial charge in [-0.15, -0.1) is 6.58 Å². The van der Waals surface area contributed by atoms with E-state index in [1.807, 2.05) is 12.1 Å². The van der Waals surface area contributed by atoms with Crippen molar-refractivity contribution < 1.29 is 9.90 Å². The molecule has 10 heteroatoms. The molecule has 4 heterocycles. The van der Waals surface area contributed by atoms with Gasteiger partial charge >= 0.3 is 0 Å². The maximum atomic E-state index is 13.3. The van der Waals surface area contributed by atoms with Gasteiger partial charge in [0.1, 0.15) is 11.4 Å². The second-order valence-corrected chi connectivity index (χ2v) is 11.0. The molecule has 1 aliphatic carbocycles. The number of carbonyl (C=O) groups excluding carboxylic acids is 1. The van der Waals surface area contributed by atoms with Crippen molar-refractivity contribution in [3.8, 4) is 0 Å². The molecule has 2 aromatic rings. The van der Waals surface area contributed by atoms with Gasteiger partial charge in [0.15, 0.2) is 6.17 Å². The van der Waals surface area contributed by atoms with Crippen molar-refractivity contribution in [3.63, 3.8) is 0 Å². The Labute approximate surface area is 229 Å². The fraction of sp³-hybridized carbons (Fsp3) is 0.414. The van der Waals surface area contributed by atoms with Crippen LogP contribution in [-0.2, 0) is 16.8 Å². The summed E-state index contributed by atoms with van der Waals surface area (Å²) in [5.41, 5.74) is 3.33. The van der Waals surface area contributed by atoms with Gasteiger partial charge in [-0.1, -0.05) is 12.1 Å². The molecule has 0 saturated carbocycles. The average molecular weight is 529 g/mol. The molecule has 39 heavy (non-hydrogen) atoms. The van der Waals surface area contributed by atoms with Crippen LogP contribution in [0.1, 0.15) is 31.5 Å². The minimum Gasteiger partial charge on any atom is -0.384 e. The number of amides is 1. The summed E-state index contributed by atoms with van der Waals surface area (Å²) in [7, 11) is 2.16. The Kier molecular flexibility index (Phi) is 6.31. The Balaban J connectivity index is 1.26. The monoisotopic (exact) mass is 528 g/mol. The average Bonchev–Trinajstić information content (AvgIpc) is 3.37. The van der Waals surface area contributed by atoms with Crippen LogP contribution in [0.5, 0.6) is 0 Å². The molecule has 2 unspecified atom stereocenters. The molecule has 2 saturated heterocycles. The number of aliphatic hydroxyl groups is 1. The molecule has 0 spiro atoms. The smallest absolute Gasteiger partial charge is 0.274 e. The number of nitrogens with zero attached hydrogens (tertiary/aromatic N) is 6. The van der Waals surface area contributed by atoms with Crippen LogP contribution in [-0.4, -0.2) is 77.3 Å². The lowest BCUT2D eigenvalue weighted by molar-refractivity contribution is -0.124. The van der Waals surface area contributed by atoms with Crippen LogP contribution < -0.4 is 20.5 Å². The first-order chi connectivity index (χ1) is 18.7. The predicted molar refractivity (Wildman–Crippen MR) is 153 cm³/mol. The Morgan fingerprint density at radius 3 is 2.77 bits per heavy atom. The third-order valence-electron chi connectivity index (χ3n) is 8.05. The molecule has 2 fully saturated rings. The number of aromatic nitrogens is 1. The van der Waals surface area contributed by atoms with Crippen molar-refractivity contribution in [2.24, 2.45) is 4.99 Å². The molecule has 3 aliphatic heterocycles. The summed E-state index contributed by atoms with van der Waals surface area (Å²) in [6, 6.07) is 12.7. The topological polar surface area (TPSA) is 99.6 Å². The number of hydrogen-bond donors (Lipinski definition) is 3. The predicted octanol–water partition coefficient (Wildman–Crippen LogP) is 2.41. The number of hydrazine groups is 1. The quantitative estimate of drug-likeness (QED) is 0.509. The van der Waals surface area contributed by atoms with E-state index in [0.717, 1.165) is 37.3 Å². The highest BCUT2D eigenvalue weighted by Gasteiger charge is 2.45. The molecule has 3 N–H and O–H groups in total. The minimum absolute atomic E-state index is 0.157. The fourth-order valence-corrected chi connectivity index (χ4v) is 5.96. The number of piperazine rings is 1. The number of hydrogen-bond acceptors (Lipinski definition) is 9. The van der Waals surface area contributed by atoms with Crippen molar-refractivity contribution in [1.82, 2.24) is 20.2 Å². The molecule has 1 aromatic heterocycles. The third-order valence-corrected chi connectivity index (χ3v) is 8.05. The minimum atomic E-state index is -0.991. The van der Waals surface area contributed by atoms with E-state index in [9.17, 15) is 9.90 Å². The Morgan fingerprint density at radius 2 is 2.03 bits per heavy atom. The van der Waals surface area contributed by atoms with Gasteiger partial charge in [0.25, 0.3) is 5.91 Å². The van der Waals surface area contributed by atoms with Gasteiger partial charge in [0.2, 0.25) is 5.96 Å². The lowest BCUT2D eigenvalue weighted by atomic mass is 10.0. The SMILES string of the molecule is C=CCN1C(=O)C2=CNC(Nc3ccc(N4CCN(C)C[C@H]4C)cc3)=NC2N1c1ccc2c(n1)C(C)(O)CC2. The first kappa shape index (κ1) is 25.4. The maximum absolute atomic E-state index is 13.3. The number of fused-ring (bicyclic) bond motifs is 2. The van der Waals surface area contributed by atoms with Crippen LogP contribution in [0.2, 0.25) is 0 Å². The van der Waals surface area contributed by atoms with Crippen LogP contribution in [0, 0.1) is 0 Å². The highest BCUT2D eigenvalue weighted by atomic mass is 16.3. The zero-order chi connectivity index (χ0) is 27.3. The Hall–Kier alpha value is -3.89. The molecule has 4 aliphatic rings. The lowest BCUT2D eigenvalue weighted by Crippen LogP contribution is -2.50. The number of anilines is 3. The summed E-state index contributed by atoms with van der Waals surface area (Å²) in [6.45, 7) is 11.3. The van der Waals surface area contributed by atoms with Gasteiger partial charge < -0.3 is 25.5 Å². The van der Waals surface area contributed by atoms with E-state index in [2.05, 4.69) is 65.2 Å². The van der Waals surface area contributed by atoms with E-state index in [1.54, 1.807) is 29.2 Å². The number of carbonyl (C=O) groups is 1. The standard InChI is InChI=1S/C29H36N8O2/c1-5-14-36-27(38)23-17-30-28(31-21-7-9-22(10-8-21)35-16-15-34(4)18-19(35)2)33-26(23)37(36)24-11-6-20-12-13-29(3,39)25(20)32-24/h5-11,17,19,26,39H,1,12-16,18H2,2-4H3,(H2,30,31,33)/t19-,26?,29?/m1/s1. The van der Waals surface area contributed by atoms with Gasteiger partial charge in [-0.3, -0.25) is 4.79 Å². The van der Waals surface area contributed by atoms with Crippen molar-refractivity contribution in [1.29, 1.82) is 0 Å². The van der Waals surface area contributed by atoms with Crippen LogP contribution in [0.15, 0.2) is 65.8 Å². The van der Waals surface area contributed by atoms with Crippen molar-refractivity contribution in [3.05, 3.63) is 72.1 Å². The first-order valence-electron chi connectivity index (χ1n) is 13.6. The number of aliphatic imine (C=N–C) groups is 1. The number of rotatable bonds is 5. The number of likely N-dealkylation sites (N-methyl/N-ethyl adjacent to an activating group) is 1. The third kappa shape index (κ3) is 4.53. The van der Waals surface area contributed by atoms with Gasteiger partial charge in [0.05, 0.1) is 17.8 Å². The summed E-state index contributed by atoms with van der Waals surface area (Å²) in [4.78, 5) is 27.8. The normalized spacial score (nSPS) is 26.6. The molecular weight excluding hydrogens is 492 g/mol. The Morgan fingerprint density at radius 1 is 1.23 bits per heavy atom. The van der Waals surface area contributed by atoms with E-state index < -0.39 is 11.8 Å². The largest absolute Gasteiger partial charge is 0.384 e.